The second-order valence-corrected chi connectivity index (χ2v) is 4.86. The van der Waals surface area contributed by atoms with E-state index < -0.39 is 0 Å². The summed E-state index contributed by atoms with van der Waals surface area (Å²) in [6.45, 7) is 4.85. The number of rotatable bonds is 6. The molecule has 1 aromatic carbocycles. The Balaban J connectivity index is 1.83. The molecule has 6 nitrogen and oxygen atoms in total. The highest BCUT2D eigenvalue weighted by Gasteiger charge is 2.06. The third kappa shape index (κ3) is 4.18. The van der Waals surface area contributed by atoms with E-state index in [1.54, 1.807) is 37.6 Å². The number of carbonyl (C=O) groups is 1. The molecule has 0 bridgehead atoms. The fourth-order valence-corrected chi connectivity index (χ4v) is 1.93. The van der Waals surface area contributed by atoms with Crippen LogP contribution in [-0.4, -0.2) is 36.1 Å². The van der Waals surface area contributed by atoms with Crippen molar-refractivity contribution in [2.24, 2.45) is 0 Å². The minimum atomic E-state index is -0.132. The lowest BCUT2D eigenvalue weighted by Crippen LogP contribution is -2.29. The molecule has 1 aromatic heterocycles. The Morgan fingerprint density at radius 2 is 2.09 bits per heavy atom. The minimum Gasteiger partial charge on any atom is -0.497 e. The second kappa shape index (κ2) is 7.40. The Kier molecular flexibility index (Phi) is 5.30. The highest BCUT2D eigenvalue weighted by atomic mass is 16.5. The molecule has 1 heterocycles. The molecule has 0 radical (unpaired) electrons. The van der Waals surface area contributed by atoms with Gasteiger partial charge in [-0.3, -0.25) is 9.78 Å². The van der Waals surface area contributed by atoms with E-state index in [0.29, 0.717) is 24.4 Å². The molecule has 0 fully saturated rings. The zero-order chi connectivity index (χ0) is 15.9. The Hall–Kier alpha value is -2.63. The van der Waals surface area contributed by atoms with E-state index >= 15 is 0 Å². The normalized spacial score (nSPS) is 10.1. The van der Waals surface area contributed by atoms with Gasteiger partial charge in [0.2, 0.25) is 0 Å². The van der Waals surface area contributed by atoms with Crippen LogP contribution in [0.4, 0.5) is 5.82 Å². The van der Waals surface area contributed by atoms with Crippen molar-refractivity contribution in [1.29, 1.82) is 0 Å². The maximum absolute atomic E-state index is 12.0. The molecular formula is C16H20N4O2. The molecule has 0 aliphatic rings. The van der Waals surface area contributed by atoms with Crippen LogP contribution in [0.2, 0.25) is 0 Å². The van der Waals surface area contributed by atoms with Crippen LogP contribution in [0.15, 0.2) is 30.5 Å². The number of amides is 1. The topological polar surface area (TPSA) is 76.1 Å². The predicted octanol–water partition coefficient (Wildman–Crippen LogP) is 1.94. The number of carbonyl (C=O) groups excluding carboxylic acids is 1. The standard InChI is InChI=1S/C16H20N4O2/c1-11-10-19-12(2)15(20-11)17-7-8-18-16(21)13-5-4-6-14(9-13)22-3/h4-6,9-10H,7-8H2,1-3H3,(H,17,20)(H,18,21). The lowest BCUT2D eigenvalue weighted by atomic mass is 10.2. The molecular weight excluding hydrogens is 280 g/mol. The summed E-state index contributed by atoms with van der Waals surface area (Å²) in [7, 11) is 1.58. The predicted molar refractivity (Wildman–Crippen MR) is 85.3 cm³/mol. The molecule has 0 aliphatic heterocycles. The van der Waals surface area contributed by atoms with Crippen molar-refractivity contribution in [2.75, 3.05) is 25.5 Å². The molecule has 2 aromatic rings. The van der Waals surface area contributed by atoms with Gasteiger partial charge in [-0.2, -0.15) is 0 Å². The lowest BCUT2D eigenvalue weighted by molar-refractivity contribution is 0.0955. The van der Waals surface area contributed by atoms with E-state index in [9.17, 15) is 4.79 Å². The zero-order valence-corrected chi connectivity index (χ0v) is 13.0. The quantitative estimate of drug-likeness (QED) is 0.797. The van der Waals surface area contributed by atoms with E-state index in [1.807, 2.05) is 13.8 Å². The Bertz CT molecular complexity index is 658. The van der Waals surface area contributed by atoms with Gasteiger partial charge in [0.25, 0.3) is 5.91 Å². The van der Waals surface area contributed by atoms with Gasteiger partial charge in [-0.05, 0) is 32.0 Å². The monoisotopic (exact) mass is 300 g/mol. The first-order valence-electron chi connectivity index (χ1n) is 7.06. The number of aryl methyl sites for hydroxylation is 2. The number of methoxy groups -OCH3 is 1. The Labute approximate surface area is 129 Å². The van der Waals surface area contributed by atoms with Crippen LogP contribution in [-0.2, 0) is 0 Å². The van der Waals surface area contributed by atoms with Crippen LogP contribution in [0, 0.1) is 13.8 Å². The molecule has 22 heavy (non-hydrogen) atoms. The second-order valence-electron chi connectivity index (χ2n) is 4.86. The molecule has 1 amide bonds. The number of anilines is 1. The maximum atomic E-state index is 12.0. The number of hydrogen-bond donors (Lipinski definition) is 2. The molecule has 2 N–H and O–H groups in total. The Morgan fingerprint density at radius 3 is 2.86 bits per heavy atom. The van der Waals surface area contributed by atoms with Gasteiger partial charge in [0.15, 0.2) is 0 Å². The first kappa shape index (κ1) is 15.8. The van der Waals surface area contributed by atoms with Gasteiger partial charge in [-0.15, -0.1) is 0 Å². The summed E-state index contributed by atoms with van der Waals surface area (Å²) in [6.07, 6.45) is 1.73. The van der Waals surface area contributed by atoms with Crippen LogP contribution in [0.25, 0.3) is 0 Å². The number of benzene rings is 1. The van der Waals surface area contributed by atoms with Crippen molar-refractivity contribution in [3.63, 3.8) is 0 Å². The first-order chi connectivity index (χ1) is 10.6. The van der Waals surface area contributed by atoms with Crippen molar-refractivity contribution in [3.8, 4) is 5.75 Å². The molecule has 2 rings (SSSR count). The van der Waals surface area contributed by atoms with E-state index in [0.717, 1.165) is 17.2 Å². The summed E-state index contributed by atoms with van der Waals surface area (Å²) in [6, 6.07) is 7.05. The molecule has 0 saturated heterocycles. The van der Waals surface area contributed by atoms with Crippen LogP contribution in [0.3, 0.4) is 0 Å². The maximum Gasteiger partial charge on any atom is 0.251 e. The Morgan fingerprint density at radius 1 is 1.27 bits per heavy atom. The van der Waals surface area contributed by atoms with Crippen LogP contribution in [0.5, 0.6) is 5.75 Å². The summed E-state index contributed by atoms with van der Waals surface area (Å²) in [4.78, 5) is 20.6. The number of aromatic nitrogens is 2. The summed E-state index contributed by atoms with van der Waals surface area (Å²) in [5, 5.41) is 6.02. The van der Waals surface area contributed by atoms with Crippen molar-refractivity contribution in [3.05, 3.63) is 47.4 Å². The van der Waals surface area contributed by atoms with E-state index in [2.05, 4.69) is 20.6 Å². The molecule has 0 atom stereocenters. The van der Waals surface area contributed by atoms with E-state index in [1.165, 1.54) is 0 Å². The van der Waals surface area contributed by atoms with Crippen LogP contribution < -0.4 is 15.4 Å². The van der Waals surface area contributed by atoms with Crippen molar-refractivity contribution >= 4 is 11.7 Å². The van der Waals surface area contributed by atoms with Gasteiger partial charge in [-0.1, -0.05) is 6.07 Å². The largest absolute Gasteiger partial charge is 0.497 e. The molecule has 0 unspecified atom stereocenters. The number of hydrogen-bond acceptors (Lipinski definition) is 5. The molecule has 116 valence electrons. The fourth-order valence-electron chi connectivity index (χ4n) is 1.93. The average Bonchev–Trinajstić information content (AvgIpc) is 2.54. The fraction of sp³-hybridized carbons (Fsp3) is 0.312. The van der Waals surface area contributed by atoms with Gasteiger partial charge in [0, 0.05) is 24.8 Å². The molecule has 6 heteroatoms. The summed E-state index contributed by atoms with van der Waals surface area (Å²) >= 11 is 0. The summed E-state index contributed by atoms with van der Waals surface area (Å²) in [5.41, 5.74) is 2.27. The van der Waals surface area contributed by atoms with Crippen molar-refractivity contribution in [2.45, 2.75) is 13.8 Å². The van der Waals surface area contributed by atoms with Crippen LogP contribution in [0.1, 0.15) is 21.7 Å². The van der Waals surface area contributed by atoms with E-state index in [-0.39, 0.29) is 5.91 Å². The smallest absolute Gasteiger partial charge is 0.251 e. The SMILES string of the molecule is COc1cccc(C(=O)NCCNc2nc(C)cnc2C)c1. The lowest BCUT2D eigenvalue weighted by Gasteiger charge is -2.10. The average molecular weight is 300 g/mol. The number of ether oxygens (including phenoxy) is 1. The van der Waals surface area contributed by atoms with E-state index in [4.69, 9.17) is 4.74 Å². The zero-order valence-electron chi connectivity index (χ0n) is 13.0. The number of nitrogens with one attached hydrogen (secondary N) is 2. The molecule has 0 spiro atoms. The molecule has 0 saturated carbocycles. The summed E-state index contributed by atoms with van der Waals surface area (Å²) < 4.78 is 5.11. The van der Waals surface area contributed by atoms with Gasteiger partial charge >= 0.3 is 0 Å². The summed E-state index contributed by atoms with van der Waals surface area (Å²) in [5.74, 6) is 1.28. The first-order valence-corrected chi connectivity index (χ1v) is 7.06. The third-order valence-corrected chi connectivity index (χ3v) is 3.11. The highest BCUT2D eigenvalue weighted by Crippen LogP contribution is 2.12. The molecule has 0 aliphatic carbocycles. The van der Waals surface area contributed by atoms with Gasteiger partial charge in [0.05, 0.1) is 18.5 Å². The van der Waals surface area contributed by atoms with Gasteiger partial charge in [0.1, 0.15) is 11.6 Å². The van der Waals surface area contributed by atoms with Crippen molar-refractivity contribution in [1.82, 2.24) is 15.3 Å². The van der Waals surface area contributed by atoms with Gasteiger partial charge in [-0.25, -0.2) is 4.98 Å². The third-order valence-electron chi connectivity index (χ3n) is 3.11. The van der Waals surface area contributed by atoms with Crippen LogP contribution >= 0.6 is 0 Å². The minimum absolute atomic E-state index is 0.132. The highest BCUT2D eigenvalue weighted by molar-refractivity contribution is 5.94. The van der Waals surface area contributed by atoms with Crippen molar-refractivity contribution < 1.29 is 9.53 Å². The number of nitrogens with zero attached hydrogens (tertiary/aromatic N) is 2. The van der Waals surface area contributed by atoms with Gasteiger partial charge < -0.3 is 15.4 Å².